The number of halogens is 4. The van der Waals surface area contributed by atoms with Crippen LogP contribution in [-0.2, 0) is 13.2 Å². The number of carbonyl (C=O) groups is 1. The second kappa shape index (κ2) is 14.2. The van der Waals surface area contributed by atoms with Crippen LogP contribution in [0.1, 0.15) is 27.0 Å². The van der Waals surface area contributed by atoms with Crippen molar-refractivity contribution in [3.8, 4) is 22.5 Å². The molecule has 50 heavy (non-hydrogen) atoms. The Balaban J connectivity index is 0.000000173. The van der Waals surface area contributed by atoms with Crippen molar-refractivity contribution in [3.05, 3.63) is 131 Å². The maximum Gasteiger partial charge on any atom is 0.197 e. The largest absolute Gasteiger partial charge is 0.392 e. The average molecular weight is 685 g/mol. The van der Waals surface area contributed by atoms with Crippen molar-refractivity contribution >= 4 is 33.4 Å². The van der Waals surface area contributed by atoms with Gasteiger partial charge in [0.1, 0.15) is 11.3 Å². The van der Waals surface area contributed by atoms with Crippen molar-refractivity contribution in [1.82, 2.24) is 30.0 Å². The van der Waals surface area contributed by atoms with Gasteiger partial charge in [0, 0.05) is 83.7 Å². The molecule has 0 saturated heterocycles. The molecule has 0 aliphatic carbocycles. The lowest BCUT2D eigenvalue weighted by Gasteiger charge is -2.12. The molecule has 4 N–H and O–H groups in total. The number of hydrogen-bond donors (Lipinski definition) is 4. The fourth-order valence-corrected chi connectivity index (χ4v) is 5.34. The van der Waals surface area contributed by atoms with E-state index < -0.39 is 29.1 Å². The molecule has 0 bridgehead atoms. The average Bonchev–Trinajstić information content (AvgIpc) is 3.87. The molecule has 7 rings (SSSR count). The van der Waals surface area contributed by atoms with Gasteiger partial charge in [0.25, 0.3) is 0 Å². The van der Waals surface area contributed by atoms with Gasteiger partial charge in [0.15, 0.2) is 34.8 Å². The van der Waals surface area contributed by atoms with Gasteiger partial charge in [0.2, 0.25) is 0 Å². The predicted molar refractivity (Wildman–Crippen MR) is 177 cm³/mol. The third kappa shape index (κ3) is 6.49. The molecule has 0 spiro atoms. The first-order valence-electron chi connectivity index (χ1n) is 15.0. The van der Waals surface area contributed by atoms with E-state index in [1.807, 2.05) is 0 Å². The van der Waals surface area contributed by atoms with E-state index in [1.54, 1.807) is 43.5 Å². The number of Topliss-reactive ketones (excluding diaryl/α,β-unsaturated/α-hetero) is 1. The van der Waals surface area contributed by atoms with E-state index in [4.69, 9.17) is 4.52 Å². The summed E-state index contributed by atoms with van der Waals surface area (Å²) in [5.41, 5.74) is 3.38. The van der Waals surface area contributed by atoms with Crippen LogP contribution in [0.25, 0.3) is 50.1 Å². The van der Waals surface area contributed by atoms with Crippen molar-refractivity contribution in [2.24, 2.45) is 0 Å². The minimum absolute atomic E-state index is 0.0160. The summed E-state index contributed by atoms with van der Waals surface area (Å²) in [7, 11) is 3.37. The van der Waals surface area contributed by atoms with Gasteiger partial charge >= 0.3 is 0 Å². The highest BCUT2D eigenvalue weighted by atomic mass is 19.2. The maximum atomic E-state index is 14.3. The van der Waals surface area contributed by atoms with Gasteiger partial charge < -0.3 is 29.6 Å². The number of ketones is 1. The summed E-state index contributed by atoms with van der Waals surface area (Å²) >= 11 is 0. The van der Waals surface area contributed by atoms with E-state index in [0.717, 1.165) is 12.1 Å². The molecule has 0 atom stereocenters. The summed E-state index contributed by atoms with van der Waals surface area (Å²) in [6.07, 6.45) is 8.96. The van der Waals surface area contributed by atoms with E-state index in [-0.39, 0.29) is 35.5 Å². The van der Waals surface area contributed by atoms with E-state index >= 15 is 0 Å². The van der Waals surface area contributed by atoms with E-state index in [2.05, 4.69) is 25.1 Å². The van der Waals surface area contributed by atoms with E-state index in [1.165, 1.54) is 49.1 Å². The van der Waals surface area contributed by atoms with Crippen LogP contribution in [0.3, 0.4) is 0 Å². The van der Waals surface area contributed by atoms with Crippen LogP contribution in [-0.4, -0.2) is 60.1 Å². The number of aliphatic hydroxyl groups is 2. The highest BCUT2D eigenvalue weighted by molar-refractivity contribution is 6.32. The SMILES string of the molecule is CN(C)/C=C(/C(=O)c1c[nH]c2ncc(CO)cc12)c1cccc(F)c1F.OCc1cnc2[nH]cc(-c3oncc3-c3cccc(F)c3F)c2c1. The molecule has 254 valence electrons. The quantitative estimate of drug-likeness (QED) is 0.0780. The Labute approximate surface area is 281 Å². The van der Waals surface area contributed by atoms with Crippen molar-refractivity contribution in [1.29, 1.82) is 0 Å². The van der Waals surface area contributed by atoms with Crippen molar-refractivity contribution in [2.45, 2.75) is 13.2 Å². The zero-order chi connectivity index (χ0) is 35.5. The molecule has 2 aromatic carbocycles. The predicted octanol–water partition coefficient (Wildman–Crippen LogP) is 6.77. The van der Waals surface area contributed by atoms with Gasteiger partial charge in [-0.2, -0.15) is 0 Å². The number of aliphatic hydroxyl groups excluding tert-OH is 2. The lowest BCUT2D eigenvalue weighted by Crippen LogP contribution is -2.11. The van der Waals surface area contributed by atoms with Gasteiger partial charge in [0.05, 0.1) is 25.0 Å². The molecule has 5 aromatic heterocycles. The molecule has 0 unspecified atom stereocenters. The van der Waals surface area contributed by atoms with Gasteiger partial charge in [-0.25, -0.2) is 27.5 Å². The summed E-state index contributed by atoms with van der Waals surface area (Å²) in [6, 6.07) is 11.0. The number of aromatic nitrogens is 5. The standard InChI is InChI=1S/C19H17F2N3O2.C17H11F2N3O2/c1-24(2)9-15(12-4-3-5-16(20)17(12)21)18(26)14-8-23-19-13(14)6-11(10-25)7-22-19;18-14-3-1-2-10(15(14)19)13-7-22-24-16(13)12-6-21-17-11(12)4-9(8-23)5-20-17/h3-9,25H,10H2,1-2H3,(H,22,23);1-7,23H,8H2,(H,20,21)/b15-9+;. The first-order chi connectivity index (χ1) is 24.1. The lowest BCUT2D eigenvalue weighted by molar-refractivity contribution is 0.105. The highest BCUT2D eigenvalue weighted by Crippen LogP contribution is 2.37. The van der Waals surface area contributed by atoms with Crippen LogP contribution in [0.4, 0.5) is 17.6 Å². The molecule has 5 heterocycles. The molecule has 0 amide bonds. The van der Waals surface area contributed by atoms with Crippen LogP contribution in [0.2, 0.25) is 0 Å². The van der Waals surface area contributed by atoms with E-state index in [9.17, 15) is 32.6 Å². The summed E-state index contributed by atoms with van der Waals surface area (Å²) in [4.78, 5) is 28.9. The van der Waals surface area contributed by atoms with Crippen LogP contribution < -0.4 is 0 Å². The number of hydrogen-bond acceptors (Lipinski definition) is 8. The number of aromatic amines is 2. The van der Waals surface area contributed by atoms with Crippen molar-refractivity contribution in [2.75, 3.05) is 14.1 Å². The van der Waals surface area contributed by atoms with Crippen molar-refractivity contribution < 1.29 is 37.1 Å². The number of carbonyl (C=O) groups excluding carboxylic acids is 1. The summed E-state index contributed by atoms with van der Waals surface area (Å²) in [5.74, 6) is -4.20. The number of nitrogens with zero attached hydrogens (tertiary/aromatic N) is 4. The summed E-state index contributed by atoms with van der Waals surface area (Å²) < 4.78 is 60.9. The topological polar surface area (TPSA) is 144 Å². The van der Waals surface area contributed by atoms with Crippen molar-refractivity contribution in [3.63, 3.8) is 0 Å². The second-order valence-corrected chi connectivity index (χ2v) is 11.3. The number of rotatable bonds is 8. The molecule has 0 aliphatic rings. The Bertz CT molecular complexity index is 2380. The number of allylic oxidation sites excluding steroid dienone is 1. The Morgan fingerprint density at radius 2 is 1.40 bits per heavy atom. The number of nitrogens with one attached hydrogen (secondary N) is 2. The summed E-state index contributed by atoms with van der Waals surface area (Å²) in [5, 5.41) is 23.5. The second-order valence-electron chi connectivity index (χ2n) is 11.3. The fourth-order valence-electron chi connectivity index (χ4n) is 5.34. The number of H-pyrrole nitrogens is 2. The fraction of sp³-hybridized carbons (Fsp3) is 0.111. The molecular formula is C36H28F4N6O4. The molecule has 0 aliphatic heterocycles. The van der Waals surface area contributed by atoms with Gasteiger partial charge in [-0.1, -0.05) is 29.4 Å². The Morgan fingerprint density at radius 3 is 2.08 bits per heavy atom. The van der Waals surface area contributed by atoms with Crippen LogP contribution in [0.5, 0.6) is 0 Å². The minimum Gasteiger partial charge on any atom is -0.392 e. The number of benzene rings is 2. The van der Waals surface area contributed by atoms with Gasteiger partial charge in [-0.15, -0.1) is 0 Å². The monoisotopic (exact) mass is 684 g/mol. The zero-order valence-electron chi connectivity index (χ0n) is 26.5. The molecule has 0 radical (unpaired) electrons. The van der Waals surface area contributed by atoms with Gasteiger partial charge in [-0.05, 0) is 35.4 Å². The summed E-state index contributed by atoms with van der Waals surface area (Å²) in [6.45, 7) is -0.379. The minimum atomic E-state index is -1.08. The van der Waals surface area contributed by atoms with Crippen LogP contribution >= 0.6 is 0 Å². The first kappa shape index (κ1) is 33.8. The molecule has 14 heteroatoms. The molecule has 7 aromatic rings. The smallest absolute Gasteiger partial charge is 0.197 e. The normalized spacial score (nSPS) is 11.6. The zero-order valence-corrected chi connectivity index (χ0v) is 26.5. The molecule has 0 saturated carbocycles. The third-order valence-electron chi connectivity index (χ3n) is 7.72. The Morgan fingerprint density at radius 1 is 0.780 bits per heavy atom. The third-order valence-corrected chi connectivity index (χ3v) is 7.72. The van der Waals surface area contributed by atoms with Gasteiger partial charge in [-0.3, -0.25) is 4.79 Å². The first-order valence-corrected chi connectivity index (χ1v) is 15.0. The molecule has 0 fully saturated rings. The highest BCUT2D eigenvalue weighted by Gasteiger charge is 2.24. The molecule has 10 nitrogen and oxygen atoms in total. The van der Waals surface area contributed by atoms with Crippen LogP contribution in [0.15, 0.2) is 90.2 Å². The maximum absolute atomic E-state index is 14.3. The van der Waals surface area contributed by atoms with Crippen LogP contribution in [0, 0.1) is 23.3 Å². The van der Waals surface area contributed by atoms with E-state index in [0.29, 0.717) is 50.1 Å². The lowest BCUT2D eigenvalue weighted by atomic mass is 9.96. The Kier molecular flexibility index (Phi) is 9.56. The molecular weight excluding hydrogens is 656 g/mol. The number of fused-ring (bicyclic) bond motifs is 2. The number of pyridine rings is 2. The Hall–Kier alpha value is -6.12.